The third-order valence-corrected chi connectivity index (χ3v) is 12.8. The van der Waals surface area contributed by atoms with Gasteiger partial charge in [-0.2, -0.15) is 0 Å². The molecule has 4 rings (SSSR count). The van der Waals surface area contributed by atoms with Crippen molar-refractivity contribution in [2.75, 3.05) is 35.0 Å². The Labute approximate surface area is 409 Å². The quantitative estimate of drug-likeness (QED) is 0.0738. The minimum Gasteiger partial charge on any atom is -0.462 e. The monoisotopic (exact) mass is 984 g/mol. The summed E-state index contributed by atoms with van der Waals surface area (Å²) in [6.45, 7) is 9.99. The summed E-state index contributed by atoms with van der Waals surface area (Å²) in [5.41, 5.74) is 1.26. The number of ether oxygens (including phenoxy) is 6. The normalized spacial score (nSPS) is 22.9. The van der Waals surface area contributed by atoms with E-state index in [1.54, 1.807) is 46.5 Å². The Bertz CT molecular complexity index is 2160. The fraction of sp³-hybridized carbons (Fsp3) is 0.640. The summed E-state index contributed by atoms with van der Waals surface area (Å²) < 4.78 is 52.2. The van der Waals surface area contributed by atoms with Gasteiger partial charge in [-0.25, -0.2) is 19.7 Å². The molecule has 0 aliphatic carbocycles. The summed E-state index contributed by atoms with van der Waals surface area (Å²) >= 11 is 0. The van der Waals surface area contributed by atoms with Crippen LogP contribution in [0.4, 0.5) is 0 Å². The number of fused-ring (bicyclic) bond motifs is 8. The molecule has 2 N–H and O–H groups in total. The second-order valence-electron chi connectivity index (χ2n) is 18.2. The molecule has 20 heteroatoms. The van der Waals surface area contributed by atoms with Crippen molar-refractivity contribution in [1.29, 1.82) is 0 Å². The molecule has 3 aromatic heterocycles. The topological polar surface area (TPSA) is 263 Å². The number of Topliss-reactive ketones (excluding diaryl/α,β-unsaturated/α-hetero) is 1. The maximum absolute atomic E-state index is 13.7. The molecule has 1 amide bonds. The first kappa shape index (κ1) is 57.0. The van der Waals surface area contributed by atoms with Crippen molar-refractivity contribution in [1.82, 2.24) is 19.9 Å². The zero-order valence-corrected chi connectivity index (χ0v) is 42.0. The van der Waals surface area contributed by atoms with Crippen molar-refractivity contribution in [3.05, 3.63) is 48.7 Å². The summed E-state index contributed by atoms with van der Waals surface area (Å²) in [7, 11) is 5.95. The maximum atomic E-state index is 13.7. The summed E-state index contributed by atoms with van der Waals surface area (Å²) in [4.78, 5) is 78.4. The van der Waals surface area contributed by atoms with Gasteiger partial charge in [-0.1, -0.05) is 46.8 Å². The molecule has 70 heavy (non-hydrogen) atoms. The number of carbonyl (C=O) groups is 5. The molecule has 12 atom stereocenters. The number of hydrogen-bond acceptors (Lipinski definition) is 19. The SMILES string of the molecule is COC(CO)C(=O)OC(CCC(C)C(CC1OC(=O)CC(O)CCCC(=O)CC(C)c2coc(n2)-c2coc(n2)-c2coc(n2)C=CCC(OC)C1C)OC)C(C)C(OC(C)=O)C(C)C=CN(C)C=O. The lowest BCUT2D eigenvalue weighted by molar-refractivity contribution is -0.172. The predicted molar refractivity (Wildman–Crippen MR) is 252 cm³/mol. The fourth-order valence-corrected chi connectivity index (χ4v) is 8.43. The van der Waals surface area contributed by atoms with Gasteiger partial charge in [0.25, 0.3) is 0 Å². The largest absolute Gasteiger partial charge is 0.462 e. The number of esters is 3. The third-order valence-electron chi connectivity index (χ3n) is 12.8. The summed E-state index contributed by atoms with van der Waals surface area (Å²) in [6.07, 6.45) is 7.82. The number of aliphatic hydroxyl groups excluding tert-OH is 2. The Morgan fingerprint density at radius 2 is 1.63 bits per heavy atom. The summed E-state index contributed by atoms with van der Waals surface area (Å²) in [5, 5.41) is 20.8. The van der Waals surface area contributed by atoms with Gasteiger partial charge in [-0.3, -0.25) is 19.2 Å². The third kappa shape index (κ3) is 17.1. The molecule has 0 aromatic carbocycles. The van der Waals surface area contributed by atoms with Crippen molar-refractivity contribution in [3.63, 3.8) is 0 Å². The van der Waals surface area contributed by atoms with Crippen LogP contribution in [-0.2, 0) is 52.4 Å². The van der Waals surface area contributed by atoms with Gasteiger partial charge in [0, 0.05) is 84.4 Å². The first-order valence-electron chi connectivity index (χ1n) is 23.8. The van der Waals surface area contributed by atoms with Gasteiger partial charge in [0.2, 0.25) is 24.1 Å². The molecule has 0 saturated heterocycles. The van der Waals surface area contributed by atoms with Gasteiger partial charge >= 0.3 is 17.9 Å². The highest BCUT2D eigenvalue weighted by Crippen LogP contribution is 2.32. The Balaban J connectivity index is 1.59. The predicted octanol–water partition coefficient (Wildman–Crippen LogP) is 6.49. The van der Waals surface area contributed by atoms with E-state index in [0.717, 1.165) is 0 Å². The van der Waals surface area contributed by atoms with E-state index in [1.807, 2.05) is 33.8 Å². The number of oxazole rings is 3. The highest BCUT2D eigenvalue weighted by molar-refractivity contribution is 5.79. The van der Waals surface area contributed by atoms with E-state index in [0.29, 0.717) is 42.8 Å². The van der Waals surface area contributed by atoms with E-state index in [4.69, 9.17) is 41.7 Å². The van der Waals surface area contributed by atoms with Crippen molar-refractivity contribution in [2.24, 2.45) is 23.7 Å². The number of carbonyl (C=O) groups excluding carboxylic acids is 5. The van der Waals surface area contributed by atoms with Gasteiger partial charge in [-0.05, 0) is 44.1 Å². The molecule has 3 aromatic rings. The number of aromatic nitrogens is 3. The lowest BCUT2D eigenvalue weighted by atomic mass is 9.83. The number of rotatable bonds is 19. The van der Waals surface area contributed by atoms with Gasteiger partial charge in [0.1, 0.15) is 42.9 Å². The van der Waals surface area contributed by atoms with Crippen molar-refractivity contribution < 1.29 is 75.9 Å². The Kier molecular flexibility index (Phi) is 23.1. The molecule has 12 unspecified atom stereocenters. The Morgan fingerprint density at radius 1 is 0.929 bits per heavy atom. The zero-order valence-electron chi connectivity index (χ0n) is 42.0. The maximum Gasteiger partial charge on any atom is 0.337 e. The van der Waals surface area contributed by atoms with Crippen molar-refractivity contribution >= 4 is 36.2 Å². The number of ketones is 1. The molecule has 0 spiro atoms. The van der Waals surface area contributed by atoms with Crippen LogP contribution in [0.2, 0.25) is 0 Å². The van der Waals surface area contributed by atoms with Crippen LogP contribution in [0.1, 0.15) is 117 Å². The van der Waals surface area contributed by atoms with E-state index >= 15 is 0 Å². The van der Waals surface area contributed by atoms with Gasteiger partial charge in [0.05, 0.1) is 37.0 Å². The molecular weight excluding hydrogens is 913 g/mol. The first-order chi connectivity index (χ1) is 33.4. The van der Waals surface area contributed by atoms with Gasteiger partial charge in [0.15, 0.2) is 17.5 Å². The second kappa shape index (κ2) is 28.3. The fourth-order valence-electron chi connectivity index (χ4n) is 8.43. The Hall–Kier alpha value is -5.54. The lowest BCUT2D eigenvalue weighted by Gasteiger charge is -2.35. The summed E-state index contributed by atoms with van der Waals surface area (Å²) in [6, 6.07) is 0. The zero-order chi connectivity index (χ0) is 51.5. The van der Waals surface area contributed by atoms with Crippen LogP contribution in [-0.4, -0.2) is 138 Å². The first-order valence-corrected chi connectivity index (χ1v) is 23.8. The number of nitrogens with zero attached hydrogens (tertiary/aromatic N) is 4. The molecule has 20 nitrogen and oxygen atoms in total. The van der Waals surface area contributed by atoms with Crippen LogP contribution in [0.3, 0.4) is 0 Å². The van der Waals surface area contributed by atoms with E-state index < -0.39 is 85.0 Å². The number of methoxy groups -OCH3 is 3. The Morgan fingerprint density at radius 3 is 2.30 bits per heavy atom. The lowest BCUT2D eigenvalue weighted by Crippen LogP contribution is -2.42. The van der Waals surface area contributed by atoms with E-state index in [1.165, 1.54) is 37.7 Å². The van der Waals surface area contributed by atoms with Crippen LogP contribution in [0.15, 0.2) is 50.4 Å². The number of cyclic esters (lactones) is 1. The van der Waals surface area contributed by atoms with Crippen LogP contribution in [0.25, 0.3) is 29.2 Å². The van der Waals surface area contributed by atoms with Gasteiger partial charge in [-0.15, -0.1) is 0 Å². The van der Waals surface area contributed by atoms with Crippen LogP contribution in [0, 0.1) is 23.7 Å². The number of aliphatic hydroxyl groups is 2. The molecule has 6 bridgehead atoms. The highest BCUT2D eigenvalue weighted by atomic mass is 16.6. The highest BCUT2D eigenvalue weighted by Gasteiger charge is 2.37. The number of hydrogen-bond donors (Lipinski definition) is 2. The minimum absolute atomic E-state index is 0.0333. The molecule has 0 saturated carbocycles. The summed E-state index contributed by atoms with van der Waals surface area (Å²) in [5.74, 6) is -3.26. The van der Waals surface area contributed by atoms with Crippen molar-refractivity contribution in [2.45, 2.75) is 148 Å². The second-order valence-corrected chi connectivity index (χ2v) is 18.2. The number of amides is 1. The molecule has 1 aliphatic rings. The van der Waals surface area contributed by atoms with Crippen LogP contribution in [0.5, 0.6) is 0 Å². The average Bonchev–Trinajstić information content (AvgIpc) is 4.13. The van der Waals surface area contributed by atoms with E-state index in [2.05, 4.69) is 15.0 Å². The molecule has 388 valence electrons. The minimum atomic E-state index is -1.25. The van der Waals surface area contributed by atoms with Crippen LogP contribution >= 0.6 is 0 Å². The van der Waals surface area contributed by atoms with Crippen LogP contribution < -0.4 is 0 Å². The van der Waals surface area contributed by atoms with E-state index in [-0.39, 0.29) is 73.8 Å². The standard InChI is InChI=1S/C50H72N4O16/c1-29(17-18-41(70-50(61)44(24-55)64-10)33(5)47(68-34(6)57)30(2)19-20-54(7)28-56)42(63-9)23-43-32(4)40(62-8)15-12-16-45-51-38(26-65-45)48-53-39(27-67-48)49-52-37(25-66-49)31(3)21-35(58)13-11-14-36(59)22-46(60)69-43/h12,16,19-20,25-33,36,40-44,47,55,59H,11,13-15,17-18,21-24H2,1-10H3. The van der Waals surface area contributed by atoms with Crippen molar-refractivity contribution in [3.8, 4) is 23.2 Å². The molecule has 4 heterocycles. The van der Waals surface area contributed by atoms with E-state index in [9.17, 15) is 34.2 Å². The molecule has 0 radical (unpaired) electrons. The molecule has 0 fully saturated rings. The van der Waals surface area contributed by atoms with Gasteiger partial charge < -0.3 is 56.8 Å². The average molecular weight is 985 g/mol. The smallest absolute Gasteiger partial charge is 0.337 e. The molecule has 1 aliphatic heterocycles. The molecular formula is C50H72N4O16.